The summed E-state index contributed by atoms with van der Waals surface area (Å²) in [5.74, 6) is -0.233. The van der Waals surface area contributed by atoms with E-state index < -0.39 is 6.04 Å². The highest BCUT2D eigenvalue weighted by Gasteiger charge is 2.22. The molecule has 2 amide bonds. The number of carbonyl (C=O) groups is 2. The number of nitrogens with zero attached hydrogens (tertiary/aromatic N) is 2. The number of pyridine rings is 1. The minimum absolute atomic E-state index is 0.103. The SMILES string of the molecule is CN(C)C(=O)[C@H](Cc1ccccc1)NC(=O)CCc1cccnc1. The maximum atomic E-state index is 12.4. The van der Waals surface area contributed by atoms with E-state index in [-0.39, 0.29) is 11.8 Å². The lowest BCUT2D eigenvalue weighted by Gasteiger charge is -2.22. The molecule has 24 heavy (non-hydrogen) atoms. The Balaban J connectivity index is 1.96. The van der Waals surface area contributed by atoms with E-state index in [4.69, 9.17) is 0 Å². The number of aromatic nitrogens is 1. The lowest BCUT2D eigenvalue weighted by molar-refractivity contribution is -0.134. The predicted octanol–water partition coefficient (Wildman–Crippen LogP) is 1.83. The van der Waals surface area contributed by atoms with Crippen molar-refractivity contribution in [1.29, 1.82) is 0 Å². The van der Waals surface area contributed by atoms with Crippen LogP contribution in [-0.2, 0) is 22.4 Å². The maximum absolute atomic E-state index is 12.4. The number of nitrogens with one attached hydrogen (secondary N) is 1. The molecule has 126 valence electrons. The number of hydrogen-bond acceptors (Lipinski definition) is 3. The molecule has 1 atom stereocenters. The highest BCUT2D eigenvalue weighted by Crippen LogP contribution is 2.06. The van der Waals surface area contributed by atoms with Gasteiger partial charge in [0.25, 0.3) is 0 Å². The second kappa shape index (κ2) is 8.82. The van der Waals surface area contributed by atoms with Gasteiger partial charge < -0.3 is 10.2 Å². The first-order valence-corrected chi connectivity index (χ1v) is 7.99. The topological polar surface area (TPSA) is 62.3 Å². The van der Waals surface area contributed by atoms with Crippen LogP contribution in [-0.4, -0.2) is 41.8 Å². The van der Waals surface area contributed by atoms with Crippen molar-refractivity contribution in [2.24, 2.45) is 0 Å². The summed E-state index contributed by atoms with van der Waals surface area (Å²) in [6.45, 7) is 0. The van der Waals surface area contributed by atoms with Gasteiger partial charge in [-0.25, -0.2) is 0 Å². The zero-order valence-corrected chi connectivity index (χ0v) is 14.1. The third-order valence-electron chi connectivity index (χ3n) is 3.72. The van der Waals surface area contributed by atoms with Gasteiger partial charge in [0, 0.05) is 39.3 Å². The zero-order chi connectivity index (χ0) is 17.4. The van der Waals surface area contributed by atoms with Crippen LogP contribution in [0.1, 0.15) is 17.5 Å². The molecule has 1 aromatic carbocycles. The fourth-order valence-electron chi connectivity index (χ4n) is 2.43. The second-order valence-electron chi connectivity index (χ2n) is 5.90. The molecule has 0 spiro atoms. The number of carbonyl (C=O) groups excluding carboxylic acids is 2. The molecule has 0 unspecified atom stereocenters. The molecule has 0 aliphatic heterocycles. The minimum Gasteiger partial charge on any atom is -0.347 e. The van der Waals surface area contributed by atoms with Gasteiger partial charge in [0.1, 0.15) is 6.04 Å². The molecular weight excluding hydrogens is 302 g/mol. The molecule has 0 radical (unpaired) electrons. The molecule has 0 fully saturated rings. The summed E-state index contributed by atoms with van der Waals surface area (Å²) >= 11 is 0. The molecule has 1 N–H and O–H groups in total. The molecule has 5 nitrogen and oxygen atoms in total. The largest absolute Gasteiger partial charge is 0.347 e. The Labute approximate surface area is 142 Å². The summed E-state index contributed by atoms with van der Waals surface area (Å²) in [5.41, 5.74) is 2.02. The van der Waals surface area contributed by atoms with E-state index in [2.05, 4.69) is 10.3 Å². The Hall–Kier alpha value is -2.69. The van der Waals surface area contributed by atoms with Gasteiger partial charge in [-0.2, -0.15) is 0 Å². The normalized spacial score (nSPS) is 11.6. The van der Waals surface area contributed by atoms with E-state index in [1.54, 1.807) is 26.5 Å². The number of likely N-dealkylation sites (N-methyl/N-ethyl adjacent to an activating group) is 1. The van der Waals surface area contributed by atoms with Crippen molar-refractivity contribution in [2.45, 2.75) is 25.3 Å². The van der Waals surface area contributed by atoms with Gasteiger partial charge in [-0.05, 0) is 23.6 Å². The van der Waals surface area contributed by atoms with Crippen molar-refractivity contribution in [3.05, 3.63) is 66.0 Å². The summed E-state index contributed by atoms with van der Waals surface area (Å²) in [7, 11) is 3.39. The Bertz CT molecular complexity index is 657. The molecular formula is C19H23N3O2. The van der Waals surface area contributed by atoms with Crippen molar-refractivity contribution in [2.75, 3.05) is 14.1 Å². The standard InChI is InChI=1S/C19H23N3O2/c1-22(2)19(24)17(13-15-7-4-3-5-8-15)21-18(23)11-10-16-9-6-12-20-14-16/h3-9,12,14,17H,10-11,13H2,1-2H3,(H,21,23)/t17-/m0/s1. The average molecular weight is 325 g/mol. The third-order valence-corrected chi connectivity index (χ3v) is 3.72. The van der Waals surface area contributed by atoms with Crippen LogP contribution in [0.2, 0.25) is 0 Å². The smallest absolute Gasteiger partial charge is 0.244 e. The van der Waals surface area contributed by atoms with Crippen LogP contribution in [0.15, 0.2) is 54.9 Å². The second-order valence-corrected chi connectivity index (χ2v) is 5.90. The van der Waals surface area contributed by atoms with Crippen LogP contribution < -0.4 is 5.32 Å². The quantitative estimate of drug-likeness (QED) is 0.845. The van der Waals surface area contributed by atoms with E-state index >= 15 is 0 Å². The van der Waals surface area contributed by atoms with Crippen molar-refractivity contribution in [3.63, 3.8) is 0 Å². The fraction of sp³-hybridized carbons (Fsp3) is 0.316. The van der Waals surface area contributed by atoms with E-state index in [1.807, 2.05) is 42.5 Å². The summed E-state index contributed by atoms with van der Waals surface area (Å²) in [4.78, 5) is 30.1. The highest BCUT2D eigenvalue weighted by molar-refractivity contribution is 5.87. The Kier molecular flexibility index (Phi) is 6.49. The van der Waals surface area contributed by atoms with E-state index in [9.17, 15) is 9.59 Å². The molecule has 1 heterocycles. The fourth-order valence-corrected chi connectivity index (χ4v) is 2.43. The van der Waals surface area contributed by atoms with Crippen molar-refractivity contribution < 1.29 is 9.59 Å². The summed E-state index contributed by atoms with van der Waals surface area (Å²) in [5, 5.41) is 2.87. The molecule has 2 aromatic rings. The third kappa shape index (κ3) is 5.50. The van der Waals surface area contributed by atoms with Crippen LogP contribution in [0.25, 0.3) is 0 Å². The van der Waals surface area contributed by atoms with Gasteiger partial charge in [-0.3, -0.25) is 14.6 Å². The van der Waals surface area contributed by atoms with Gasteiger partial charge >= 0.3 is 0 Å². The Morgan fingerprint density at radius 3 is 2.42 bits per heavy atom. The predicted molar refractivity (Wildman–Crippen MR) is 93.3 cm³/mol. The van der Waals surface area contributed by atoms with E-state index in [0.29, 0.717) is 19.3 Å². The number of hydrogen-bond donors (Lipinski definition) is 1. The van der Waals surface area contributed by atoms with Crippen LogP contribution >= 0.6 is 0 Å². The first kappa shape index (κ1) is 17.7. The van der Waals surface area contributed by atoms with E-state index in [0.717, 1.165) is 11.1 Å². The van der Waals surface area contributed by atoms with Crippen molar-refractivity contribution in [1.82, 2.24) is 15.2 Å². The first-order chi connectivity index (χ1) is 11.6. The van der Waals surface area contributed by atoms with Crippen molar-refractivity contribution in [3.8, 4) is 0 Å². The van der Waals surface area contributed by atoms with Gasteiger partial charge in [-0.1, -0.05) is 36.4 Å². The molecule has 0 saturated carbocycles. The molecule has 1 aromatic heterocycles. The highest BCUT2D eigenvalue weighted by atomic mass is 16.2. The van der Waals surface area contributed by atoms with E-state index in [1.165, 1.54) is 4.90 Å². The Morgan fingerprint density at radius 1 is 1.08 bits per heavy atom. The summed E-state index contributed by atoms with van der Waals surface area (Å²) in [6.07, 6.45) is 4.87. The molecule has 0 aliphatic rings. The maximum Gasteiger partial charge on any atom is 0.244 e. The molecule has 0 aliphatic carbocycles. The lowest BCUT2D eigenvalue weighted by Crippen LogP contribution is -2.47. The first-order valence-electron chi connectivity index (χ1n) is 7.99. The number of benzene rings is 1. The Morgan fingerprint density at radius 2 is 1.79 bits per heavy atom. The van der Waals surface area contributed by atoms with Crippen LogP contribution in [0.3, 0.4) is 0 Å². The van der Waals surface area contributed by atoms with Crippen LogP contribution in [0, 0.1) is 0 Å². The van der Waals surface area contributed by atoms with Gasteiger partial charge in [0.15, 0.2) is 0 Å². The molecule has 0 saturated heterocycles. The minimum atomic E-state index is -0.552. The number of aryl methyl sites for hydroxylation is 1. The summed E-state index contributed by atoms with van der Waals surface area (Å²) in [6, 6.07) is 12.9. The van der Waals surface area contributed by atoms with Gasteiger partial charge in [-0.15, -0.1) is 0 Å². The van der Waals surface area contributed by atoms with Crippen molar-refractivity contribution >= 4 is 11.8 Å². The summed E-state index contributed by atoms with van der Waals surface area (Å²) < 4.78 is 0. The molecule has 2 rings (SSSR count). The van der Waals surface area contributed by atoms with Gasteiger partial charge in [0.2, 0.25) is 11.8 Å². The molecule has 0 bridgehead atoms. The average Bonchev–Trinajstić information content (AvgIpc) is 2.60. The van der Waals surface area contributed by atoms with Crippen LogP contribution in [0.5, 0.6) is 0 Å². The number of amides is 2. The number of rotatable bonds is 7. The van der Waals surface area contributed by atoms with Crippen LogP contribution in [0.4, 0.5) is 0 Å². The zero-order valence-electron chi connectivity index (χ0n) is 14.1. The monoisotopic (exact) mass is 325 g/mol. The lowest BCUT2D eigenvalue weighted by atomic mass is 10.0. The molecule has 5 heteroatoms. The van der Waals surface area contributed by atoms with Gasteiger partial charge in [0.05, 0.1) is 0 Å².